The predicted molar refractivity (Wildman–Crippen MR) is 78.0 cm³/mol. The number of benzene rings is 1. The zero-order valence-electron chi connectivity index (χ0n) is 12.0. The van der Waals surface area contributed by atoms with Gasteiger partial charge in [-0.2, -0.15) is 0 Å². The molecule has 0 aliphatic rings. The van der Waals surface area contributed by atoms with Crippen molar-refractivity contribution in [3.8, 4) is 0 Å². The van der Waals surface area contributed by atoms with E-state index in [0.29, 0.717) is 25.6 Å². The average Bonchev–Trinajstić information content (AvgIpc) is 2.44. The SMILES string of the molecule is CCCCC(NCCC(=O)OCC)c1ccccc1. The highest BCUT2D eigenvalue weighted by Gasteiger charge is 2.10. The molecule has 1 unspecified atom stereocenters. The minimum absolute atomic E-state index is 0.127. The van der Waals surface area contributed by atoms with Crippen LogP contribution in [-0.4, -0.2) is 19.1 Å². The molecule has 0 aliphatic carbocycles. The Morgan fingerprint density at radius 1 is 1.26 bits per heavy atom. The first-order valence-electron chi connectivity index (χ1n) is 7.21. The summed E-state index contributed by atoms with van der Waals surface area (Å²) in [5.41, 5.74) is 1.29. The highest BCUT2D eigenvalue weighted by Crippen LogP contribution is 2.18. The van der Waals surface area contributed by atoms with Crippen molar-refractivity contribution in [1.29, 1.82) is 0 Å². The van der Waals surface area contributed by atoms with E-state index in [1.54, 1.807) is 0 Å². The van der Waals surface area contributed by atoms with E-state index in [1.165, 1.54) is 18.4 Å². The lowest BCUT2D eigenvalue weighted by Crippen LogP contribution is -2.24. The fraction of sp³-hybridized carbons (Fsp3) is 0.562. The van der Waals surface area contributed by atoms with Crippen LogP contribution in [-0.2, 0) is 9.53 Å². The van der Waals surface area contributed by atoms with Gasteiger partial charge in [0.1, 0.15) is 0 Å². The standard InChI is InChI=1S/C16H25NO2/c1-3-5-11-15(14-9-7-6-8-10-14)17-13-12-16(18)19-4-2/h6-10,15,17H,3-5,11-13H2,1-2H3. The summed E-state index contributed by atoms with van der Waals surface area (Å²) in [7, 11) is 0. The Labute approximate surface area is 116 Å². The molecule has 0 radical (unpaired) electrons. The number of hydrogen-bond donors (Lipinski definition) is 1. The molecule has 0 aromatic heterocycles. The Balaban J connectivity index is 2.44. The third kappa shape index (κ3) is 6.39. The summed E-state index contributed by atoms with van der Waals surface area (Å²) in [5.74, 6) is -0.127. The molecule has 0 aliphatic heterocycles. The number of hydrogen-bond acceptors (Lipinski definition) is 3. The normalized spacial score (nSPS) is 12.1. The summed E-state index contributed by atoms with van der Waals surface area (Å²) >= 11 is 0. The number of unbranched alkanes of at least 4 members (excludes halogenated alkanes) is 1. The minimum Gasteiger partial charge on any atom is -0.466 e. The third-order valence-electron chi connectivity index (χ3n) is 3.07. The van der Waals surface area contributed by atoms with E-state index in [-0.39, 0.29) is 5.97 Å². The molecule has 0 saturated heterocycles. The van der Waals surface area contributed by atoms with Gasteiger partial charge in [0, 0.05) is 12.6 Å². The van der Waals surface area contributed by atoms with Crippen LogP contribution in [0.1, 0.15) is 51.1 Å². The van der Waals surface area contributed by atoms with Gasteiger partial charge in [-0.05, 0) is 18.9 Å². The topological polar surface area (TPSA) is 38.3 Å². The summed E-state index contributed by atoms with van der Waals surface area (Å²) in [4.78, 5) is 11.3. The average molecular weight is 263 g/mol. The fourth-order valence-corrected chi connectivity index (χ4v) is 2.06. The van der Waals surface area contributed by atoms with Gasteiger partial charge >= 0.3 is 5.97 Å². The molecular weight excluding hydrogens is 238 g/mol. The molecule has 0 saturated carbocycles. The first kappa shape index (κ1) is 15.7. The van der Waals surface area contributed by atoms with Crippen LogP contribution in [0.4, 0.5) is 0 Å². The molecule has 0 spiro atoms. The van der Waals surface area contributed by atoms with Crippen molar-refractivity contribution in [3.63, 3.8) is 0 Å². The molecule has 0 amide bonds. The molecule has 3 nitrogen and oxygen atoms in total. The van der Waals surface area contributed by atoms with Crippen molar-refractivity contribution >= 4 is 5.97 Å². The Kier molecular flexibility index (Phi) is 7.91. The number of nitrogens with one attached hydrogen (secondary N) is 1. The van der Waals surface area contributed by atoms with Crippen molar-refractivity contribution < 1.29 is 9.53 Å². The van der Waals surface area contributed by atoms with E-state index in [1.807, 2.05) is 13.0 Å². The van der Waals surface area contributed by atoms with E-state index in [0.717, 1.165) is 6.42 Å². The van der Waals surface area contributed by atoms with E-state index < -0.39 is 0 Å². The van der Waals surface area contributed by atoms with E-state index in [9.17, 15) is 4.79 Å². The molecule has 106 valence electrons. The van der Waals surface area contributed by atoms with Crippen LogP contribution in [0.5, 0.6) is 0 Å². The molecule has 1 rings (SSSR count). The quantitative estimate of drug-likeness (QED) is 0.693. The number of carbonyl (C=O) groups excluding carboxylic acids is 1. The van der Waals surface area contributed by atoms with Gasteiger partial charge < -0.3 is 10.1 Å². The van der Waals surface area contributed by atoms with Gasteiger partial charge in [0.15, 0.2) is 0 Å². The Bertz CT molecular complexity index is 351. The van der Waals surface area contributed by atoms with Crippen LogP contribution in [0.15, 0.2) is 30.3 Å². The Morgan fingerprint density at radius 3 is 2.63 bits per heavy atom. The fourth-order valence-electron chi connectivity index (χ4n) is 2.06. The lowest BCUT2D eigenvalue weighted by atomic mass is 10.0. The number of carbonyl (C=O) groups is 1. The Hall–Kier alpha value is -1.35. The van der Waals surface area contributed by atoms with Crippen molar-refractivity contribution in [2.24, 2.45) is 0 Å². The van der Waals surface area contributed by atoms with Crippen molar-refractivity contribution in [3.05, 3.63) is 35.9 Å². The van der Waals surface area contributed by atoms with Gasteiger partial charge in [-0.15, -0.1) is 0 Å². The first-order chi connectivity index (χ1) is 9.27. The van der Waals surface area contributed by atoms with Crippen LogP contribution < -0.4 is 5.32 Å². The molecule has 0 heterocycles. The summed E-state index contributed by atoms with van der Waals surface area (Å²) in [6, 6.07) is 10.7. The maximum absolute atomic E-state index is 11.3. The van der Waals surface area contributed by atoms with Gasteiger partial charge in [-0.25, -0.2) is 0 Å². The van der Waals surface area contributed by atoms with E-state index in [4.69, 9.17) is 4.74 Å². The molecular formula is C16H25NO2. The van der Waals surface area contributed by atoms with E-state index in [2.05, 4.69) is 36.5 Å². The minimum atomic E-state index is -0.127. The zero-order valence-corrected chi connectivity index (χ0v) is 12.0. The summed E-state index contributed by atoms with van der Waals surface area (Å²) in [5, 5.41) is 3.46. The van der Waals surface area contributed by atoms with Gasteiger partial charge in [-0.3, -0.25) is 4.79 Å². The summed E-state index contributed by atoms with van der Waals surface area (Å²) in [6.45, 7) is 5.15. The maximum Gasteiger partial charge on any atom is 0.307 e. The zero-order chi connectivity index (χ0) is 13.9. The lowest BCUT2D eigenvalue weighted by molar-refractivity contribution is -0.143. The number of ether oxygens (including phenoxy) is 1. The van der Waals surface area contributed by atoms with Crippen molar-refractivity contribution in [2.75, 3.05) is 13.2 Å². The molecule has 1 aromatic rings. The third-order valence-corrected chi connectivity index (χ3v) is 3.07. The monoisotopic (exact) mass is 263 g/mol. The van der Waals surface area contributed by atoms with Crippen LogP contribution in [0.2, 0.25) is 0 Å². The van der Waals surface area contributed by atoms with Crippen LogP contribution in [0.25, 0.3) is 0 Å². The second kappa shape index (κ2) is 9.56. The van der Waals surface area contributed by atoms with Crippen LogP contribution >= 0.6 is 0 Å². The van der Waals surface area contributed by atoms with Gasteiger partial charge in [0.25, 0.3) is 0 Å². The lowest BCUT2D eigenvalue weighted by Gasteiger charge is -2.18. The molecule has 19 heavy (non-hydrogen) atoms. The molecule has 3 heteroatoms. The summed E-state index contributed by atoms with van der Waals surface area (Å²) < 4.78 is 4.93. The molecule has 1 atom stereocenters. The summed E-state index contributed by atoms with van der Waals surface area (Å²) in [6.07, 6.45) is 3.90. The number of rotatable bonds is 9. The largest absolute Gasteiger partial charge is 0.466 e. The second-order valence-electron chi connectivity index (χ2n) is 4.61. The molecule has 0 bridgehead atoms. The highest BCUT2D eigenvalue weighted by atomic mass is 16.5. The molecule has 0 fully saturated rings. The molecule has 1 N–H and O–H groups in total. The van der Waals surface area contributed by atoms with E-state index >= 15 is 0 Å². The van der Waals surface area contributed by atoms with Crippen molar-refractivity contribution in [2.45, 2.75) is 45.6 Å². The second-order valence-corrected chi connectivity index (χ2v) is 4.61. The highest BCUT2D eigenvalue weighted by molar-refractivity contribution is 5.69. The maximum atomic E-state index is 11.3. The van der Waals surface area contributed by atoms with Gasteiger partial charge in [-0.1, -0.05) is 50.1 Å². The smallest absolute Gasteiger partial charge is 0.307 e. The Morgan fingerprint density at radius 2 is 2.00 bits per heavy atom. The van der Waals surface area contributed by atoms with Crippen molar-refractivity contribution in [1.82, 2.24) is 5.32 Å². The van der Waals surface area contributed by atoms with Crippen LogP contribution in [0.3, 0.4) is 0 Å². The van der Waals surface area contributed by atoms with Crippen LogP contribution in [0, 0.1) is 0 Å². The molecule has 1 aromatic carbocycles. The first-order valence-corrected chi connectivity index (χ1v) is 7.21. The predicted octanol–water partition coefficient (Wildman–Crippen LogP) is 3.46. The van der Waals surface area contributed by atoms with Gasteiger partial charge in [0.05, 0.1) is 13.0 Å². The van der Waals surface area contributed by atoms with Gasteiger partial charge in [0.2, 0.25) is 0 Å². The number of esters is 1.